The van der Waals surface area contributed by atoms with Crippen molar-refractivity contribution in [3.05, 3.63) is 52.5 Å². The Bertz CT molecular complexity index is 868. The van der Waals surface area contributed by atoms with Gasteiger partial charge < -0.3 is 15.2 Å². The van der Waals surface area contributed by atoms with Gasteiger partial charge in [0, 0.05) is 23.6 Å². The third kappa shape index (κ3) is 6.00. The Kier molecular flexibility index (Phi) is 7.19. The number of nitrogens with zero attached hydrogens (tertiary/aromatic N) is 1. The van der Waals surface area contributed by atoms with E-state index in [2.05, 4.69) is 15.8 Å². The number of halogens is 1. The number of phenols is 1. The average molecular weight is 390 g/mol. The topological polar surface area (TPSA) is 100 Å². The average Bonchev–Trinajstić information content (AvgIpc) is 2.65. The van der Waals surface area contributed by atoms with Crippen LogP contribution in [0, 0.1) is 6.92 Å². The predicted octanol–water partition coefficient (Wildman–Crippen LogP) is 3.23. The first-order valence-electron chi connectivity index (χ1n) is 8.14. The molecule has 0 aliphatic heterocycles. The molecular formula is C19H20ClN3O4. The van der Waals surface area contributed by atoms with Crippen molar-refractivity contribution in [2.45, 2.75) is 19.8 Å². The summed E-state index contributed by atoms with van der Waals surface area (Å²) in [6.45, 7) is 1.80. The number of ether oxygens (including phenoxy) is 1. The van der Waals surface area contributed by atoms with Gasteiger partial charge in [-0.3, -0.25) is 9.59 Å². The fourth-order valence-electron chi connectivity index (χ4n) is 2.19. The van der Waals surface area contributed by atoms with Gasteiger partial charge in [0.2, 0.25) is 11.8 Å². The molecule has 0 atom stereocenters. The molecule has 0 radical (unpaired) electrons. The molecular weight excluding hydrogens is 370 g/mol. The van der Waals surface area contributed by atoms with E-state index in [-0.39, 0.29) is 24.5 Å². The number of anilines is 1. The summed E-state index contributed by atoms with van der Waals surface area (Å²) in [5.41, 5.74) is 4.37. The predicted molar refractivity (Wildman–Crippen MR) is 104 cm³/mol. The lowest BCUT2D eigenvalue weighted by Gasteiger charge is -2.09. The van der Waals surface area contributed by atoms with Crippen LogP contribution in [0.5, 0.6) is 11.5 Å². The highest BCUT2D eigenvalue weighted by atomic mass is 35.5. The summed E-state index contributed by atoms with van der Waals surface area (Å²) in [6, 6.07) is 9.88. The number of amides is 2. The Hall–Kier alpha value is -3.06. The zero-order valence-corrected chi connectivity index (χ0v) is 15.7. The van der Waals surface area contributed by atoms with Gasteiger partial charge in [0.05, 0.1) is 13.3 Å². The van der Waals surface area contributed by atoms with Gasteiger partial charge >= 0.3 is 0 Å². The van der Waals surface area contributed by atoms with Gasteiger partial charge in [-0.15, -0.1) is 0 Å². The third-order valence-electron chi connectivity index (χ3n) is 3.73. The van der Waals surface area contributed by atoms with Crippen molar-refractivity contribution in [3.8, 4) is 11.5 Å². The van der Waals surface area contributed by atoms with E-state index < -0.39 is 5.91 Å². The zero-order chi connectivity index (χ0) is 19.8. The van der Waals surface area contributed by atoms with Gasteiger partial charge in [-0.05, 0) is 48.4 Å². The summed E-state index contributed by atoms with van der Waals surface area (Å²) < 4.78 is 4.99. The maximum atomic E-state index is 12.0. The van der Waals surface area contributed by atoms with Crippen LogP contribution >= 0.6 is 11.6 Å². The largest absolute Gasteiger partial charge is 0.504 e. The highest BCUT2D eigenvalue weighted by Crippen LogP contribution is 2.25. The number of aromatic hydroxyl groups is 1. The van der Waals surface area contributed by atoms with Crippen LogP contribution in [0.25, 0.3) is 0 Å². The molecule has 0 heterocycles. The maximum absolute atomic E-state index is 12.0. The smallest absolute Gasteiger partial charge is 0.240 e. The number of hydrogen-bond donors (Lipinski definition) is 3. The molecule has 2 aromatic carbocycles. The van der Waals surface area contributed by atoms with E-state index >= 15 is 0 Å². The monoisotopic (exact) mass is 389 g/mol. The van der Waals surface area contributed by atoms with Gasteiger partial charge in [0.1, 0.15) is 0 Å². The van der Waals surface area contributed by atoms with E-state index in [0.717, 1.165) is 5.56 Å². The zero-order valence-electron chi connectivity index (χ0n) is 15.0. The second-order valence-electron chi connectivity index (χ2n) is 5.69. The van der Waals surface area contributed by atoms with E-state index in [4.69, 9.17) is 16.3 Å². The van der Waals surface area contributed by atoms with Crippen LogP contribution in [0.15, 0.2) is 41.5 Å². The van der Waals surface area contributed by atoms with Crippen LogP contribution in [-0.4, -0.2) is 30.2 Å². The van der Waals surface area contributed by atoms with E-state index in [1.807, 2.05) is 0 Å². The van der Waals surface area contributed by atoms with Gasteiger partial charge in [0.25, 0.3) is 0 Å². The summed E-state index contributed by atoms with van der Waals surface area (Å²) in [4.78, 5) is 23.8. The minimum Gasteiger partial charge on any atom is -0.504 e. The number of rotatable bonds is 7. The van der Waals surface area contributed by atoms with Crippen LogP contribution in [0.2, 0.25) is 5.02 Å². The fraction of sp³-hybridized carbons (Fsp3) is 0.211. The highest BCUT2D eigenvalue weighted by molar-refractivity contribution is 6.31. The Morgan fingerprint density at radius 1 is 1.22 bits per heavy atom. The van der Waals surface area contributed by atoms with Gasteiger partial charge in [-0.2, -0.15) is 5.10 Å². The quantitative estimate of drug-likeness (QED) is 0.500. The van der Waals surface area contributed by atoms with Gasteiger partial charge in [-0.1, -0.05) is 17.7 Å². The molecule has 0 bridgehead atoms. The number of methoxy groups -OCH3 is 1. The van der Waals surface area contributed by atoms with Crippen molar-refractivity contribution in [1.29, 1.82) is 0 Å². The lowest BCUT2D eigenvalue weighted by molar-refractivity contribution is -0.124. The normalized spacial score (nSPS) is 10.6. The standard InChI is InChI=1S/C19H20ClN3O4/c1-12-14(20)4-3-5-15(12)22-18(25)8-9-19(26)23-21-11-13-6-7-16(24)17(10-13)27-2/h3-7,10-11,24H,8-9H2,1-2H3,(H,22,25)(H,23,26)/b21-11+. The minimum atomic E-state index is -0.394. The second kappa shape index (κ2) is 9.59. The Morgan fingerprint density at radius 2 is 1.96 bits per heavy atom. The molecule has 2 aromatic rings. The molecule has 2 amide bonds. The van der Waals surface area contributed by atoms with Crippen LogP contribution in [-0.2, 0) is 9.59 Å². The first-order chi connectivity index (χ1) is 12.9. The van der Waals surface area contributed by atoms with Crippen LogP contribution < -0.4 is 15.5 Å². The molecule has 27 heavy (non-hydrogen) atoms. The lowest BCUT2D eigenvalue weighted by atomic mass is 10.2. The van der Waals surface area contributed by atoms with Crippen molar-refractivity contribution < 1.29 is 19.4 Å². The van der Waals surface area contributed by atoms with Gasteiger partial charge in [-0.25, -0.2) is 5.43 Å². The minimum absolute atomic E-state index is 0.0122. The Balaban J connectivity index is 1.80. The SMILES string of the molecule is COc1cc(/C=N/NC(=O)CCC(=O)Nc2cccc(Cl)c2C)ccc1O. The molecule has 0 aliphatic rings. The molecule has 0 aromatic heterocycles. The maximum Gasteiger partial charge on any atom is 0.240 e. The van der Waals surface area contributed by atoms with Crippen LogP contribution in [0.1, 0.15) is 24.0 Å². The van der Waals surface area contributed by atoms with E-state index in [1.165, 1.54) is 19.4 Å². The molecule has 8 heteroatoms. The van der Waals surface area contributed by atoms with Crippen molar-refractivity contribution in [3.63, 3.8) is 0 Å². The number of benzene rings is 2. The second-order valence-corrected chi connectivity index (χ2v) is 6.09. The molecule has 3 N–H and O–H groups in total. The van der Waals surface area contributed by atoms with Crippen molar-refractivity contribution in [2.24, 2.45) is 5.10 Å². The number of hydrazone groups is 1. The first kappa shape index (κ1) is 20.3. The van der Waals surface area contributed by atoms with E-state index in [1.54, 1.807) is 37.3 Å². The Morgan fingerprint density at radius 3 is 2.70 bits per heavy atom. The molecule has 0 unspecified atom stereocenters. The first-order valence-corrected chi connectivity index (χ1v) is 8.52. The molecule has 2 rings (SSSR count). The summed E-state index contributed by atoms with van der Waals surface area (Å²) in [6.07, 6.45) is 1.41. The Labute approximate surface area is 162 Å². The number of carbonyl (C=O) groups excluding carboxylic acids is 2. The van der Waals surface area contributed by atoms with Crippen molar-refractivity contribution in [1.82, 2.24) is 5.43 Å². The molecule has 0 spiro atoms. The van der Waals surface area contributed by atoms with Crippen LogP contribution in [0.3, 0.4) is 0 Å². The molecule has 7 nitrogen and oxygen atoms in total. The summed E-state index contributed by atoms with van der Waals surface area (Å²) in [5.74, 6) is -0.365. The fourth-order valence-corrected chi connectivity index (χ4v) is 2.37. The van der Waals surface area contributed by atoms with Crippen molar-refractivity contribution >= 4 is 35.3 Å². The lowest BCUT2D eigenvalue weighted by Crippen LogP contribution is -2.20. The summed E-state index contributed by atoms with van der Waals surface area (Å²) in [7, 11) is 1.44. The highest BCUT2D eigenvalue weighted by Gasteiger charge is 2.09. The molecule has 0 saturated carbocycles. The van der Waals surface area contributed by atoms with E-state index in [0.29, 0.717) is 22.0 Å². The number of nitrogens with one attached hydrogen (secondary N) is 2. The number of phenolic OH excluding ortho intramolecular Hbond substituents is 1. The van der Waals surface area contributed by atoms with Crippen LogP contribution in [0.4, 0.5) is 5.69 Å². The molecule has 0 saturated heterocycles. The van der Waals surface area contributed by atoms with E-state index in [9.17, 15) is 14.7 Å². The van der Waals surface area contributed by atoms with Crippen molar-refractivity contribution in [2.75, 3.05) is 12.4 Å². The molecule has 142 valence electrons. The van der Waals surface area contributed by atoms with Gasteiger partial charge in [0.15, 0.2) is 11.5 Å². The number of carbonyl (C=O) groups is 2. The number of hydrogen-bond acceptors (Lipinski definition) is 5. The molecule has 0 aliphatic carbocycles. The summed E-state index contributed by atoms with van der Waals surface area (Å²) >= 11 is 6.01. The summed E-state index contributed by atoms with van der Waals surface area (Å²) in [5, 5.41) is 16.6. The molecule has 0 fully saturated rings. The third-order valence-corrected chi connectivity index (χ3v) is 4.14.